The molecule has 1 aromatic rings. The summed E-state index contributed by atoms with van der Waals surface area (Å²) >= 11 is 0. The van der Waals surface area contributed by atoms with E-state index in [1.54, 1.807) is 0 Å². The van der Waals surface area contributed by atoms with Crippen molar-refractivity contribution in [3.63, 3.8) is 0 Å². The van der Waals surface area contributed by atoms with Gasteiger partial charge in [0.15, 0.2) is 0 Å². The molecule has 0 amide bonds. The maximum atomic E-state index is 4.30. The molecule has 0 spiro atoms. The highest BCUT2D eigenvalue weighted by Crippen LogP contribution is 2.04. The molecule has 1 heterocycles. The van der Waals surface area contributed by atoms with Crippen LogP contribution in [0.15, 0.2) is 30.5 Å². The van der Waals surface area contributed by atoms with E-state index < -0.39 is 0 Å². The second kappa shape index (κ2) is 5.31. The lowest BCUT2D eigenvalue weighted by Gasteiger charge is -1.94. The van der Waals surface area contributed by atoms with Crippen molar-refractivity contribution in [2.45, 2.75) is 20.3 Å². The minimum atomic E-state index is 1.02. The maximum Gasteiger partial charge on any atom is 0.0626 e. The first-order valence-electron chi connectivity index (χ1n) is 4.62. The van der Waals surface area contributed by atoms with Crippen LogP contribution >= 0.6 is 0 Å². The van der Waals surface area contributed by atoms with Crippen molar-refractivity contribution in [2.24, 2.45) is 0 Å². The highest BCUT2D eigenvalue weighted by Gasteiger charge is 1.87. The summed E-state index contributed by atoms with van der Waals surface area (Å²) in [5, 5.41) is 0. The molecule has 0 radical (unpaired) electrons. The molecule has 0 N–H and O–H groups in total. The zero-order valence-electron chi connectivity index (χ0n) is 8.20. The first kappa shape index (κ1) is 9.72. The largest absolute Gasteiger partial charge is 0.256 e. The predicted octanol–water partition coefficient (Wildman–Crippen LogP) is 3.54. The molecular formula is C12H15N. The van der Waals surface area contributed by atoms with E-state index in [4.69, 9.17) is 0 Å². The van der Waals surface area contributed by atoms with Crippen LogP contribution in [0.4, 0.5) is 0 Å². The Morgan fingerprint density at radius 2 is 2.15 bits per heavy atom. The number of pyridine rings is 1. The van der Waals surface area contributed by atoms with Gasteiger partial charge in [0, 0.05) is 6.20 Å². The monoisotopic (exact) mass is 173 g/mol. The third kappa shape index (κ3) is 3.24. The normalized spacial score (nSPS) is 11.5. The van der Waals surface area contributed by atoms with Crippen LogP contribution in [0.5, 0.6) is 0 Å². The van der Waals surface area contributed by atoms with Crippen molar-refractivity contribution in [1.29, 1.82) is 0 Å². The molecule has 0 aliphatic heterocycles. The van der Waals surface area contributed by atoms with E-state index in [-0.39, 0.29) is 0 Å². The Balaban J connectivity index is 2.75. The second-order valence-corrected chi connectivity index (χ2v) is 2.83. The molecule has 0 aliphatic carbocycles. The summed E-state index contributed by atoms with van der Waals surface area (Å²) in [6.45, 7) is 4.12. The minimum absolute atomic E-state index is 1.02. The van der Waals surface area contributed by atoms with Gasteiger partial charge in [0.25, 0.3) is 0 Å². The molecular weight excluding hydrogens is 158 g/mol. The van der Waals surface area contributed by atoms with Gasteiger partial charge in [-0.1, -0.05) is 31.2 Å². The van der Waals surface area contributed by atoms with E-state index in [1.165, 1.54) is 0 Å². The van der Waals surface area contributed by atoms with Crippen LogP contribution in [0.1, 0.15) is 31.5 Å². The standard InChI is InChI=1S/C12H15N/c1-3-5-7-12-9-8-11(6-4-2)10-13-12/h4-10H,3H2,1-2H3/b6-4+,7-5+. The molecule has 0 saturated carbocycles. The van der Waals surface area contributed by atoms with Crippen LogP contribution in [0, 0.1) is 0 Å². The van der Waals surface area contributed by atoms with Gasteiger partial charge in [0.1, 0.15) is 0 Å². The van der Waals surface area contributed by atoms with E-state index >= 15 is 0 Å². The van der Waals surface area contributed by atoms with Gasteiger partial charge in [-0.2, -0.15) is 0 Å². The third-order valence-corrected chi connectivity index (χ3v) is 1.69. The fraction of sp³-hybridized carbons (Fsp3) is 0.250. The predicted molar refractivity (Wildman–Crippen MR) is 58.3 cm³/mol. The van der Waals surface area contributed by atoms with Crippen molar-refractivity contribution >= 4 is 12.2 Å². The Hall–Kier alpha value is -1.37. The molecule has 0 aromatic carbocycles. The number of rotatable bonds is 3. The molecule has 1 aromatic heterocycles. The first-order valence-corrected chi connectivity index (χ1v) is 4.62. The first-order chi connectivity index (χ1) is 6.36. The summed E-state index contributed by atoms with van der Waals surface area (Å²) in [6, 6.07) is 4.10. The summed E-state index contributed by atoms with van der Waals surface area (Å²) in [6.07, 6.45) is 11.1. The van der Waals surface area contributed by atoms with E-state index in [9.17, 15) is 0 Å². The molecule has 0 bridgehead atoms. The van der Waals surface area contributed by atoms with Gasteiger partial charge in [-0.25, -0.2) is 0 Å². The van der Waals surface area contributed by atoms with Gasteiger partial charge in [-0.05, 0) is 31.1 Å². The summed E-state index contributed by atoms with van der Waals surface area (Å²) in [5.74, 6) is 0. The van der Waals surface area contributed by atoms with Gasteiger partial charge in [-0.3, -0.25) is 4.98 Å². The molecule has 0 fully saturated rings. The summed E-state index contributed by atoms with van der Waals surface area (Å²) in [4.78, 5) is 4.30. The maximum absolute atomic E-state index is 4.30. The lowest BCUT2D eigenvalue weighted by Crippen LogP contribution is -1.80. The van der Waals surface area contributed by atoms with Crippen LogP contribution in [-0.2, 0) is 0 Å². The Morgan fingerprint density at radius 1 is 1.31 bits per heavy atom. The van der Waals surface area contributed by atoms with Gasteiger partial charge in [-0.15, -0.1) is 0 Å². The smallest absolute Gasteiger partial charge is 0.0626 e. The van der Waals surface area contributed by atoms with Crippen LogP contribution in [0.3, 0.4) is 0 Å². The SMILES string of the molecule is C/C=C/c1ccc(/C=C/CC)nc1. The Bertz CT molecular complexity index is 293. The number of allylic oxidation sites excluding steroid dienone is 2. The Kier molecular flexibility index (Phi) is 3.97. The van der Waals surface area contributed by atoms with Crippen molar-refractivity contribution < 1.29 is 0 Å². The quantitative estimate of drug-likeness (QED) is 0.681. The number of nitrogens with zero attached hydrogens (tertiary/aromatic N) is 1. The van der Waals surface area contributed by atoms with Gasteiger partial charge in [0.05, 0.1) is 5.69 Å². The summed E-state index contributed by atoms with van der Waals surface area (Å²) in [7, 11) is 0. The average molecular weight is 173 g/mol. The Labute approximate surface area is 79.8 Å². The van der Waals surface area contributed by atoms with E-state index in [1.807, 2.05) is 37.4 Å². The molecule has 0 saturated heterocycles. The topological polar surface area (TPSA) is 12.9 Å². The van der Waals surface area contributed by atoms with Crippen LogP contribution < -0.4 is 0 Å². The highest BCUT2D eigenvalue weighted by molar-refractivity contribution is 5.51. The van der Waals surface area contributed by atoms with E-state index in [2.05, 4.69) is 24.1 Å². The lowest BCUT2D eigenvalue weighted by atomic mass is 10.2. The second-order valence-electron chi connectivity index (χ2n) is 2.83. The minimum Gasteiger partial charge on any atom is -0.256 e. The fourth-order valence-corrected chi connectivity index (χ4v) is 1.04. The Morgan fingerprint density at radius 3 is 2.69 bits per heavy atom. The molecule has 13 heavy (non-hydrogen) atoms. The zero-order valence-corrected chi connectivity index (χ0v) is 8.20. The van der Waals surface area contributed by atoms with E-state index in [0.717, 1.165) is 17.7 Å². The van der Waals surface area contributed by atoms with Crippen LogP contribution in [0.25, 0.3) is 12.2 Å². The third-order valence-electron chi connectivity index (χ3n) is 1.69. The van der Waals surface area contributed by atoms with Crippen molar-refractivity contribution in [2.75, 3.05) is 0 Å². The van der Waals surface area contributed by atoms with Crippen molar-refractivity contribution in [3.8, 4) is 0 Å². The molecule has 1 nitrogen and oxygen atoms in total. The van der Waals surface area contributed by atoms with Gasteiger partial charge in [0.2, 0.25) is 0 Å². The van der Waals surface area contributed by atoms with Crippen molar-refractivity contribution in [1.82, 2.24) is 4.98 Å². The van der Waals surface area contributed by atoms with E-state index in [0.29, 0.717) is 0 Å². The van der Waals surface area contributed by atoms with Crippen LogP contribution in [-0.4, -0.2) is 4.98 Å². The van der Waals surface area contributed by atoms with Crippen LogP contribution in [0.2, 0.25) is 0 Å². The van der Waals surface area contributed by atoms with Gasteiger partial charge >= 0.3 is 0 Å². The van der Waals surface area contributed by atoms with Gasteiger partial charge < -0.3 is 0 Å². The number of hydrogen-bond donors (Lipinski definition) is 0. The molecule has 1 heteroatoms. The van der Waals surface area contributed by atoms with Crippen molar-refractivity contribution in [3.05, 3.63) is 41.7 Å². The number of hydrogen-bond acceptors (Lipinski definition) is 1. The highest BCUT2D eigenvalue weighted by atomic mass is 14.7. The number of aromatic nitrogens is 1. The molecule has 0 aliphatic rings. The molecule has 0 atom stereocenters. The zero-order chi connectivity index (χ0) is 9.52. The average Bonchev–Trinajstić information content (AvgIpc) is 2.17. The molecule has 68 valence electrons. The lowest BCUT2D eigenvalue weighted by molar-refractivity contribution is 1.22. The molecule has 0 unspecified atom stereocenters. The summed E-state index contributed by atoms with van der Waals surface area (Å²) in [5.41, 5.74) is 2.17. The fourth-order valence-electron chi connectivity index (χ4n) is 1.04. The molecule has 1 rings (SSSR count). The summed E-state index contributed by atoms with van der Waals surface area (Å²) < 4.78 is 0.